The number of carboxylic acid groups (broad SMARTS) is 1. The molecule has 102 valence electrons. The van der Waals surface area contributed by atoms with Crippen LogP contribution in [0.5, 0.6) is 0 Å². The second-order valence-electron chi connectivity index (χ2n) is 4.92. The van der Waals surface area contributed by atoms with Gasteiger partial charge >= 0.3 is 5.97 Å². The highest BCUT2D eigenvalue weighted by Gasteiger charge is 2.51. The lowest BCUT2D eigenvalue weighted by Crippen LogP contribution is -2.42. The Bertz CT molecular complexity index is 480. The zero-order chi connectivity index (χ0) is 13.9. The molecule has 1 amide bonds. The molecule has 0 saturated heterocycles. The van der Waals surface area contributed by atoms with Crippen LogP contribution in [0.1, 0.15) is 31.2 Å². The molecule has 1 aromatic rings. The van der Waals surface area contributed by atoms with Gasteiger partial charge in [-0.1, -0.05) is 23.7 Å². The minimum Gasteiger partial charge on any atom is -0.480 e. The standard InChI is InChI=1S/C14H16ClNO3/c15-11-6-4-10(5-7-11)2-1-3-12(17)16-14(8-9-14)13(18)19/h4-7H,1-3,8-9H2,(H,16,17)(H,18,19). The molecule has 0 unspecified atom stereocenters. The molecule has 1 saturated carbocycles. The summed E-state index contributed by atoms with van der Waals surface area (Å²) >= 11 is 5.79. The number of aryl methyl sites for hydroxylation is 1. The predicted octanol–water partition coefficient (Wildman–Crippen LogP) is 2.40. The molecule has 2 rings (SSSR count). The number of nitrogens with one attached hydrogen (secondary N) is 1. The monoisotopic (exact) mass is 281 g/mol. The Morgan fingerprint density at radius 3 is 2.42 bits per heavy atom. The first-order valence-electron chi connectivity index (χ1n) is 6.31. The highest BCUT2D eigenvalue weighted by atomic mass is 35.5. The molecule has 0 bridgehead atoms. The third-order valence-corrected chi connectivity index (χ3v) is 3.57. The van der Waals surface area contributed by atoms with E-state index < -0.39 is 11.5 Å². The molecule has 1 aliphatic rings. The summed E-state index contributed by atoms with van der Waals surface area (Å²) in [7, 11) is 0. The Kier molecular flexibility index (Phi) is 4.10. The zero-order valence-electron chi connectivity index (χ0n) is 10.5. The van der Waals surface area contributed by atoms with Crippen LogP contribution in [0.25, 0.3) is 0 Å². The van der Waals surface area contributed by atoms with Gasteiger partial charge in [-0.2, -0.15) is 0 Å². The molecule has 0 atom stereocenters. The summed E-state index contributed by atoms with van der Waals surface area (Å²) in [5.74, 6) is -1.12. The van der Waals surface area contributed by atoms with E-state index in [1.165, 1.54) is 0 Å². The molecule has 1 aliphatic carbocycles. The molecule has 0 heterocycles. The number of amides is 1. The zero-order valence-corrected chi connectivity index (χ0v) is 11.2. The van der Waals surface area contributed by atoms with Crippen LogP contribution >= 0.6 is 11.6 Å². The van der Waals surface area contributed by atoms with Crippen molar-refractivity contribution in [1.82, 2.24) is 5.32 Å². The fraction of sp³-hybridized carbons (Fsp3) is 0.429. The van der Waals surface area contributed by atoms with Gasteiger partial charge in [0.15, 0.2) is 0 Å². The van der Waals surface area contributed by atoms with Crippen LogP contribution in [0.4, 0.5) is 0 Å². The molecule has 19 heavy (non-hydrogen) atoms. The number of aliphatic carboxylic acids is 1. The maximum absolute atomic E-state index is 11.7. The Balaban J connectivity index is 1.72. The van der Waals surface area contributed by atoms with Crippen molar-refractivity contribution in [1.29, 1.82) is 0 Å². The summed E-state index contributed by atoms with van der Waals surface area (Å²) in [6.45, 7) is 0. The fourth-order valence-electron chi connectivity index (χ4n) is 1.95. The van der Waals surface area contributed by atoms with E-state index in [1.54, 1.807) is 0 Å². The van der Waals surface area contributed by atoms with Gasteiger partial charge in [-0.3, -0.25) is 4.79 Å². The van der Waals surface area contributed by atoms with Crippen LogP contribution in [0.2, 0.25) is 5.02 Å². The minimum absolute atomic E-state index is 0.186. The SMILES string of the molecule is O=C(CCCc1ccc(Cl)cc1)NC1(C(=O)O)CC1. The second kappa shape index (κ2) is 5.61. The summed E-state index contributed by atoms with van der Waals surface area (Å²) in [4.78, 5) is 22.6. The first-order valence-corrected chi connectivity index (χ1v) is 6.68. The van der Waals surface area contributed by atoms with E-state index in [9.17, 15) is 9.59 Å². The molecule has 0 aromatic heterocycles. The first kappa shape index (κ1) is 13.9. The molecule has 1 fully saturated rings. The van der Waals surface area contributed by atoms with Crippen LogP contribution in [-0.4, -0.2) is 22.5 Å². The van der Waals surface area contributed by atoms with Crippen molar-refractivity contribution in [3.63, 3.8) is 0 Å². The lowest BCUT2D eigenvalue weighted by Gasteiger charge is -2.12. The van der Waals surface area contributed by atoms with Crippen molar-refractivity contribution in [2.24, 2.45) is 0 Å². The summed E-state index contributed by atoms with van der Waals surface area (Å²) in [6, 6.07) is 7.50. The van der Waals surface area contributed by atoms with Crippen LogP contribution in [0.15, 0.2) is 24.3 Å². The molecule has 0 spiro atoms. The maximum atomic E-state index is 11.7. The molecule has 1 aromatic carbocycles. The van der Waals surface area contributed by atoms with E-state index in [0.29, 0.717) is 30.7 Å². The van der Waals surface area contributed by atoms with Gasteiger partial charge in [-0.15, -0.1) is 0 Å². The third kappa shape index (κ3) is 3.70. The Labute approximate surface area is 116 Å². The fourth-order valence-corrected chi connectivity index (χ4v) is 2.08. The Hall–Kier alpha value is -1.55. The highest BCUT2D eigenvalue weighted by Crippen LogP contribution is 2.35. The van der Waals surface area contributed by atoms with Crippen molar-refractivity contribution < 1.29 is 14.7 Å². The van der Waals surface area contributed by atoms with Crippen LogP contribution in [0, 0.1) is 0 Å². The lowest BCUT2D eigenvalue weighted by atomic mass is 10.1. The predicted molar refractivity (Wildman–Crippen MR) is 72.1 cm³/mol. The third-order valence-electron chi connectivity index (χ3n) is 3.32. The van der Waals surface area contributed by atoms with Gasteiger partial charge in [0.25, 0.3) is 0 Å². The van der Waals surface area contributed by atoms with Gasteiger partial charge in [-0.25, -0.2) is 4.79 Å². The highest BCUT2D eigenvalue weighted by molar-refractivity contribution is 6.30. The van der Waals surface area contributed by atoms with E-state index in [-0.39, 0.29) is 5.91 Å². The van der Waals surface area contributed by atoms with Crippen LogP contribution in [0.3, 0.4) is 0 Å². The van der Waals surface area contributed by atoms with Gasteiger partial charge in [-0.05, 0) is 43.4 Å². The number of halogens is 1. The summed E-state index contributed by atoms with van der Waals surface area (Å²) < 4.78 is 0. The molecule has 0 radical (unpaired) electrons. The number of carbonyl (C=O) groups excluding carboxylic acids is 1. The molecular formula is C14H16ClNO3. The van der Waals surface area contributed by atoms with Gasteiger partial charge in [0.1, 0.15) is 5.54 Å². The van der Waals surface area contributed by atoms with Crippen LogP contribution in [-0.2, 0) is 16.0 Å². The largest absolute Gasteiger partial charge is 0.480 e. The number of hydrogen-bond donors (Lipinski definition) is 2. The minimum atomic E-state index is -0.975. The first-order chi connectivity index (χ1) is 9.02. The number of benzene rings is 1. The van der Waals surface area contributed by atoms with E-state index in [1.807, 2.05) is 24.3 Å². The summed E-state index contributed by atoms with van der Waals surface area (Å²) in [5, 5.41) is 12.3. The van der Waals surface area contributed by atoms with Gasteiger partial charge in [0, 0.05) is 11.4 Å². The number of hydrogen-bond acceptors (Lipinski definition) is 2. The normalized spacial score (nSPS) is 15.8. The Morgan fingerprint density at radius 2 is 1.89 bits per heavy atom. The van der Waals surface area contributed by atoms with E-state index in [2.05, 4.69) is 5.32 Å². The number of carboxylic acids is 1. The number of rotatable bonds is 6. The smallest absolute Gasteiger partial charge is 0.329 e. The van der Waals surface area contributed by atoms with Crippen molar-refractivity contribution in [3.05, 3.63) is 34.9 Å². The average Bonchev–Trinajstić information content (AvgIpc) is 3.13. The van der Waals surface area contributed by atoms with E-state index in [4.69, 9.17) is 16.7 Å². The summed E-state index contributed by atoms with van der Waals surface area (Å²) in [6.07, 6.45) is 2.89. The van der Waals surface area contributed by atoms with Crippen molar-refractivity contribution >= 4 is 23.5 Å². The topological polar surface area (TPSA) is 66.4 Å². The number of carbonyl (C=O) groups is 2. The lowest BCUT2D eigenvalue weighted by molar-refractivity contribution is -0.143. The summed E-state index contributed by atoms with van der Waals surface area (Å²) in [5.41, 5.74) is 0.147. The average molecular weight is 282 g/mol. The van der Waals surface area contributed by atoms with E-state index >= 15 is 0 Å². The molecule has 5 heteroatoms. The van der Waals surface area contributed by atoms with Crippen molar-refractivity contribution in [3.8, 4) is 0 Å². The van der Waals surface area contributed by atoms with Gasteiger partial charge < -0.3 is 10.4 Å². The molecule has 4 nitrogen and oxygen atoms in total. The quantitative estimate of drug-likeness (QED) is 0.841. The second-order valence-corrected chi connectivity index (χ2v) is 5.35. The van der Waals surface area contributed by atoms with Gasteiger partial charge in [0.2, 0.25) is 5.91 Å². The van der Waals surface area contributed by atoms with Crippen LogP contribution < -0.4 is 5.32 Å². The molecule has 2 N–H and O–H groups in total. The molecule has 0 aliphatic heterocycles. The molecular weight excluding hydrogens is 266 g/mol. The van der Waals surface area contributed by atoms with Crippen molar-refractivity contribution in [2.75, 3.05) is 0 Å². The van der Waals surface area contributed by atoms with E-state index in [0.717, 1.165) is 12.0 Å². The Morgan fingerprint density at radius 1 is 1.26 bits per heavy atom. The van der Waals surface area contributed by atoms with Gasteiger partial charge in [0.05, 0.1) is 0 Å². The van der Waals surface area contributed by atoms with Crippen molar-refractivity contribution in [2.45, 2.75) is 37.6 Å². The maximum Gasteiger partial charge on any atom is 0.329 e.